The third-order valence-corrected chi connectivity index (χ3v) is 10.1. The fourth-order valence-electron chi connectivity index (χ4n) is 3.95. The van der Waals surface area contributed by atoms with Crippen LogP contribution < -0.4 is 9.44 Å². The Hall–Kier alpha value is -2.10. The predicted molar refractivity (Wildman–Crippen MR) is 144 cm³/mol. The molecule has 37 heavy (non-hydrogen) atoms. The third kappa shape index (κ3) is 7.06. The second-order valence-corrected chi connectivity index (χ2v) is 13.8. The van der Waals surface area contributed by atoms with Gasteiger partial charge in [-0.3, -0.25) is 9.59 Å². The molecule has 0 unspecified atom stereocenters. The van der Waals surface area contributed by atoms with Crippen molar-refractivity contribution in [1.82, 2.24) is 9.44 Å². The van der Waals surface area contributed by atoms with Crippen LogP contribution in [-0.2, 0) is 36.1 Å². The lowest BCUT2D eigenvalue weighted by atomic mass is 10.1. The molecule has 14 heteroatoms. The largest absolute Gasteiger partial charge is 0.480 e. The maximum Gasteiger partial charge on any atom is 0.321 e. The van der Waals surface area contributed by atoms with E-state index in [0.717, 1.165) is 11.1 Å². The van der Waals surface area contributed by atoms with E-state index in [4.69, 9.17) is 0 Å². The molecule has 2 aromatic rings. The zero-order valence-electron chi connectivity index (χ0n) is 20.1. The lowest BCUT2D eigenvalue weighted by Crippen LogP contribution is -2.41. The molecule has 0 fully saturated rings. The van der Waals surface area contributed by atoms with E-state index in [1.54, 1.807) is 24.6 Å². The van der Waals surface area contributed by atoms with Gasteiger partial charge < -0.3 is 10.2 Å². The first-order valence-corrected chi connectivity index (χ1v) is 16.9. The number of sulfonamides is 2. The number of thioether (sulfide) groups is 2. The summed E-state index contributed by atoms with van der Waals surface area (Å²) in [6.07, 6.45) is 4.14. The van der Waals surface area contributed by atoms with E-state index in [-0.39, 0.29) is 29.1 Å². The van der Waals surface area contributed by atoms with E-state index in [2.05, 4.69) is 9.44 Å². The van der Waals surface area contributed by atoms with Crippen LogP contribution in [0.5, 0.6) is 0 Å². The van der Waals surface area contributed by atoms with Crippen molar-refractivity contribution < 1.29 is 36.6 Å². The van der Waals surface area contributed by atoms with Gasteiger partial charge in [0, 0.05) is 0 Å². The number of aliphatic carboxylic acids is 2. The van der Waals surface area contributed by atoms with Crippen LogP contribution in [0.2, 0.25) is 0 Å². The summed E-state index contributed by atoms with van der Waals surface area (Å²) in [6.45, 7) is 0. The van der Waals surface area contributed by atoms with E-state index in [9.17, 15) is 36.6 Å². The molecule has 0 bridgehead atoms. The second kappa shape index (κ2) is 12.2. The molecule has 0 spiro atoms. The molecule has 0 saturated carbocycles. The summed E-state index contributed by atoms with van der Waals surface area (Å²) < 4.78 is 56.0. The first kappa shape index (κ1) is 29.5. The van der Waals surface area contributed by atoms with Gasteiger partial charge in [0.25, 0.3) is 0 Å². The van der Waals surface area contributed by atoms with Gasteiger partial charge >= 0.3 is 11.9 Å². The van der Waals surface area contributed by atoms with Crippen molar-refractivity contribution in [2.24, 2.45) is 0 Å². The van der Waals surface area contributed by atoms with Gasteiger partial charge in [-0.15, -0.1) is 0 Å². The fourth-order valence-corrected chi connectivity index (χ4v) is 7.44. The Balaban J connectivity index is 1.84. The van der Waals surface area contributed by atoms with E-state index in [0.29, 0.717) is 22.6 Å². The summed E-state index contributed by atoms with van der Waals surface area (Å²) in [6, 6.07) is 6.41. The Morgan fingerprint density at radius 2 is 1.16 bits per heavy atom. The molecule has 0 amide bonds. The Labute approximate surface area is 224 Å². The van der Waals surface area contributed by atoms with E-state index in [1.165, 1.54) is 47.8 Å². The highest BCUT2D eigenvalue weighted by atomic mass is 32.2. The van der Waals surface area contributed by atoms with Gasteiger partial charge in [0.1, 0.15) is 12.1 Å². The lowest BCUT2D eigenvalue weighted by Gasteiger charge is -2.15. The Morgan fingerprint density at radius 3 is 1.49 bits per heavy atom. The maximum absolute atomic E-state index is 12.9. The average Bonchev–Trinajstić information content (AvgIpc) is 3.21. The van der Waals surface area contributed by atoms with Crippen molar-refractivity contribution in [3.05, 3.63) is 47.5 Å². The summed E-state index contributed by atoms with van der Waals surface area (Å²) >= 11 is 2.83. The van der Waals surface area contributed by atoms with Crippen molar-refractivity contribution in [2.45, 2.75) is 41.1 Å². The minimum Gasteiger partial charge on any atom is -0.480 e. The smallest absolute Gasteiger partial charge is 0.321 e. The van der Waals surface area contributed by atoms with Crippen molar-refractivity contribution in [1.29, 1.82) is 0 Å². The highest BCUT2D eigenvalue weighted by molar-refractivity contribution is 7.98. The molecule has 3 rings (SSSR count). The molecule has 0 aromatic heterocycles. The van der Waals surface area contributed by atoms with Crippen LogP contribution in [0.4, 0.5) is 0 Å². The summed E-state index contributed by atoms with van der Waals surface area (Å²) in [4.78, 5) is 22.8. The summed E-state index contributed by atoms with van der Waals surface area (Å²) in [5, 5.41) is 18.8. The van der Waals surface area contributed by atoms with Crippen molar-refractivity contribution in [3.63, 3.8) is 0 Å². The number of hydrogen-bond donors (Lipinski definition) is 4. The van der Waals surface area contributed by atoms with Gasteiger partial charge in [0.2, 0.25) is 20.0 Å². The van der Waals surface area contributed by atoms with Gasteiger partial charge in [0.05, 0.1) is 9.79 Å². The van der Waals surface area contributed by atoms with E-state index in [1.807, 2.05) is 0 Å². The molecule has 0 aliphatic heterocycles. The number of hydrogen-bond acceptors (Lipinski definition) is 8. The number of benzene rings is 2. The lowest BCUT2D eigenvalue weighted by molar-refractivity contribution is -0.139. The highest BCUT2D eigenvalue weighted by Crippen LogP contribution is 2.38. The molecular formula is C23H28N2O8S4. The maximum atomic E-state index is 12.9. The van der Waals surface area contributed by atoms with Gasteiger partial charge in [-0.2, -0.15) is 33.0 Å². The minimum absolute atomic E-state index is 0.0814. The fraction of sp³-hybridized carbons (Fsp3) is 0.391. The Kier molecular flexibility index (Phi) is 9.69. The number of carboxylic acid groups (broad SMARTS) is 2. The molecule has 2 aromatic carbocycles. The Bertz CT molecular complexity index is 1290. The third-order valence-electron chi connectivity index (χ3n) is 5.86. The van der Waals surface area contributed by atoms with Gasteiger partial charge in [0.15, 0.2) is 0 Å². The number of fused-ring (bicyclic) bond motifs is 3. The predicted octanol–water partition coefficient (Wildman–Crippen LogP) is 2.23. The minimum atomic E-state index is -4.11. The normalized spacial score (nSPS) is 14.5. The van der Waals surface area contributed by atoms with Crippen molar-refractivity contribution in [2.75, 3.05) is 24.0 Å². The standard InChI is InChI=1S/C23H28N2O8S4/c1-34-9-7-20(22(26)27)24-36(30,31)16-3-5-18-14(12-16)11-15-13-17(4-6-19(15)18)37(32,33)25-21(23(28)29)8-10-35-2/h3-6,12-13,20-21,24-25H,7-11H2,1-2H3,(H,26,27)(H,28,29)/t20-,21+. The first-order chi connectivity index (χ1) is 17.4. The molecule has 2 atom stereocenters. The summed E-state index contributed by atoms with van der Waals surface area (Å²) in [5.74, 6) is -1.56. The SMILES string of the molecule is CSCC[C@H](NS(=O)(=O)c1ccc2c(c1)Cc1cc(S(=O)(=O)N[C@H](CCSC)C(=O)O)ccc1-2)C(=O)O. The van der Waals surface area contributed by atoms with Crippen LogP contribution >= 0.6 is 23.5 Å². The zero-order chi connectivity index (χ0) is 27.4. The number of rotatable bonds is 14. The van der Waals surface area contributed by atoms with Gasteiger partial charge in [-0.1, -0.05) is 12.1 Å². The Morgan fingerprint density at radius 1 is 0.784 bits per heavy atom. The van der Waals surface area contributed by atoms with Gasteiger partial charge in [-0.25, -0.2) is 16.8 Å². The highest BCUT2D eigenvalue weighted by Gasteiger charge is 2.29. The average molecular weight is 589 g/mol. The van der Waals surface area contributed by atoms with E-state index < -0.39 is 44.1 Å². The molecule has 1 aliphatic carbocycles. The first-order valence-electron chi connectivity index (χ1n) is 11.1. The van der Waals surface area contributed by atoms with Crippen molar-refractivity contribution in [3.8, 4) is 11.1 Å². The molecule has 4 N–H and O–H groups in total. The zero-order valence-corrected chi connectivity index (χ0v) is 23.4. The summed E-state index contributed by atoms with van der Waals surface area (Å²) in [5.41, 5.74) is 2.79. The number of nitrogens with one attached hydrogen (secondary N) is 2. The molecule has 10 nitrogen and oxygen atoms in total. The number of carboxylic acids is 2. The van der Waals surface area contributed by atoms with Crippen LogP contribution in [0, 0.1) is 0 Å². The van der Waals surface area contributed by atoms with Crippen LogP contribution in [0.25, 0.3) is 11.1 Å². The molecule has 0 heterocycles. The molecule has 202 valence electrons. The quantitative estimate of drug-likeness (QED) is 0.219. The topological polar surface area (TPSA) is 167 Å². The number of carbonyl (C=O) groups is 2. The van der Waals surface area contributed by atoms with Gasteiger partial charge in [-0.05, 0) is 89.8 Å². The molecule has 0 radical (unpaired) electrons. The van der Waals surface area contributed by atoms with Crippen molar-refractivity contribution >= 4 is 55.5 Å². The monoisotopic (exact) mass is 588 g/mol. The molecule has 1 aliphatic rings. The second-order valence-electron chi connectivity index (χ2n) is 8.40. The van der Waals surface area contributed by atoms with Crippen LogP contribution in [0.3, 0.4) is 0 Å². The van der Waals surface area contributed by atoms with Crippen LogP contribution in [0.1, 0.15) is 24.0 Å². The summed E-state index contributed by atoms with van der Waals surface area (Å²) in [7, 11) is -8.22. The van der Waals surface area contributed by atoms with Crippen LogP contribution in [0.15, 0.2) is 46.2 Å². The van der Waals surface area contributed by atoms with E-state index >= 15 is 0 Å². The molecular weight excluding hydrogens is 561 g/mol. The van der Waals surface area contributed by atoms with Crippen LogP contribution in [-0.4, -0.2) is 75.1 Å². The molecule has 0 saturated heterocycles.